The van der Waals surface area contributed by atoms with Gasteiger partial charge in [0.25, 0.3) is 11.8 Å². The molecule has 2 N–H and O–H groups in total. The van der Waals surface area contributed by atoms with E-state index in [9.17, 15) is 14.4 Å². The lowest BCUT2D eigenvalue weighted by atomic mass is 9.93. The summed E-state index contributed by atoms with van der Waals surface area (Å²) >= 11 is 6.74. The molecule has 0 bridgehead atoms. The molecular formula is C17H17ClN4O4S. The predicted molar refractivity (Wildman–Crippen MR) is 100 cm³/mol. The van der Waals surface area contributed by atoms with Gasteiger partial charge in [0.2, 0.25) is 10.0 Å². The smallest absolute Gasteiger partial charge is 0.303 e. The van der Waals surface area contributed by atoms with Gasteiger partial charge in [-0.05, 0) is 43.0 Å². The van der Waals surface area contributed by atoms with Crippen LogP contribution in [0.25, 0.3) is 0 Å². The van der Waals surface area contributed by atoms with Crippen LogP contribution in [-0.2, 0) is 4.79 Å². The molecule has 0 spiro atoms. The van der Waals surface area contributed by atoms with Crippen LogP contribution in [0.5, 0.6) is 0 Å². The van der Waals surface area contributed by atoms with Crippen LogP contribution in [0.1, 0.15) is 38.9 Å². The maximum Gasteiger partial charge on any atom is 0.303 e. The molecule has 1 saturated heterocycles. The molecule has 2 aromatic rings. The average molecular weight is 409 g/mol. The Balaban J connectivity index is 1.58. The summed E-state index contributed by atoms with van der Waals surface area (Å²) in [5.74, 6) is -1.47. The van der Waals surface area contributed by atoms with Gasteiger partial charge in [0.1, 0.15) is 0 Å². The largest absolute Gasteiger partial charge is 0.481 e. The Bertz CT molecular complexity index is 847. The lowest BCUT2D eigenvalue weighted by Crippen LogP contribution is -2.38. The minimum absolute atomic E-state index is 0.0849. The van der Waals surface area contributed by atoms with E-state index in [1.807, 2.05) is 0 Å². The van der Waals surface area contributed by atoms with Gasteiger partial charge in [-0.25, -0.2) is 0 Å². The Hall–Kier alpha value is -2.52. The number of aliphatic carboxylic acids is 1. The molecule has 0 saturated carbocycles. The molecular weight excluding hydrogens is 392 g/mol. The first-order valence-corrected chi connectivity index (χ1v) is 9.53. The summed E-state index contributed by atoms with van der Waals surface area (Å²) in [6.07, 6.45) is 1.40. The maximum absolute atomic E-state index is 12.5. The van der Waals surface area contributed by atoms with Gasteiger partial charge >= 0.3 is 5.97 Å². The SMILES string of the molecule is O=C(O)CC1CCN(C(=O)c2nnc(C(=O)Nc3ccc(Cl)cc3)s2)CC1. The van der Waals surface area contributed by atoms with Crippen molar-refractivity contribution in [3.05, 3.63) is 39.3 Å². The summed E-state index contributed by atoms with van der Waals surface area (Å²) in [7, 11) is 0. The first kappa shape index (κ1) is 19.2. The van der Waals surface area contributed by atoms with Crippen molar-refractivity contribution < 1.29 is 19.5 Å². The molecule has 0 aliphatic carbocycles. The van der Waals surface area contributed by atoms with E-state index in [1.54, 1.807) is 29.2 Å². The summed E-state index contributed by atoms with van der Waals surface area (Å²) in [5.41, 5.74) is 0.563. The number of hydrogen-bond donors (Lipinski definition) is 2. The van der Waals surface area contributed by atoms with Gasteiger partial charge in [0.05, 0.1) is 0 Å². The number of halogens is 1. The highest BCUT2D eigenvalue weighted by Crippen LogP contribution is 2.23. The number of piperidine rings is 1. The summed E-state index contributed by atoms with van der Waals surface area (Å²) < 4.78 is 0. The molecule has 1 aliphatic heterocycles. The number of carbonyl (C=O) groups excluding carboxylic acids is 2. The van der Waals surface area contributed by atoms with Crippen molar-refractivity contribution >= 4 is 46.4 Å². The number of benzene rings is 1. The Morgan fingerprint density at radius 3 is 2.41 bits per heavy atom. The van der Waals surface area contributed by atoms with Crippen LogP contribution in [-0.4, -0.2) is 51.1 Å². The lowest BCUT2D eigenvalue weighted by molar-refractivity contribution is -0.138. The molecule has 27 heavy (non-hydrogen) atoms. The zero-order valence-electron chi connectivity index (χ0n) is 14.2. The summed E-state index contributed by atoms with van der Waals surface area (Å²) in [5, 5.41) is 20.0. The van der Waals surface area contributed by atoms with E-state index in [-0.39, 0.29) is 28.3 Å². The Labute approximate surface area is 164 Å². The molecule has 2 heterocycles. The number of amides is 2. The molecule has 0 atom stereocenters. The van der Waals surface area contributed by atoms with E-state index in [1.165, 1.54) is 0 Å². The second-order valence-corrected chi connectivity index (χ2v) is 7.62. The van der Waals surface area contributed by atoms with E-state index < -0.39 is 11.9 Å². The molecule has 142 valence electrons. The molecule has 10 heteroatoms. The van der Waals surface area contributed by atoms with Gasteiger partial charge in [-0.2, -0.15) is 0 Å². The molecule has 2 amide bonds. The zero-order valence-corrected chi connectivity index (χ0v) is 15.8. The Kier molecular flexibility index (Phi) is 6.02. The van der Waals surface area contributed by atoms with Crippen molar-refractivity contribution in [3.8, 4) is 0 Å². The third kappa shape index (κ3) is 5.01. The van der Waals surface area contributed by atoms with Gasteiger partial charge < -0.3 is 15.3 Å². The number of nitrogens with one attached hydrogen (secondary N) is 1. The summed E-state index contributed by atoms with van der Waals surface area (Å²) in [6.45, 7) is 0.950. The van der Waals surface area contributed by atoms with Crippen molar-refractivity contribution in [1.82, 2.24) is 15.1 Å². The van der Waals surface area contributed by atoms with E-state index in [4.69, 9.17) is 16.7 Å². The zero-order chi connectivity index (χ0) is 19.4. The van der Waals surface area contributed by atoms with Crippen molar-refractivity contribution in [3.63, 3.8) is 0 Å². The van der Waals surface area contributed by atoms with E-state index in [2.05, 4.69) is 15.5 Å². The van der Waals surface area contributed by atoms with Crippen molar-refractivity contribution in [2.24, 2.45) is 5.92 Å². The molecule has 0 radical (unpaired) electrons. The molecule has 1 aromatic heterocycles. The minimum Gasteiger partial charge on any atom is -0.481 e. The molecule has 8 nitrogen and oxygen atoms in total. The van der Waals surface area contributed by atoms with Crippen molar-refractivity contribution in [2.45, 2.75) is 19.3 Å². The molecule has 1 fully saturated rings. The standard InChI is InChI=1S/C17H17ClN4O4S/c18-11-1-3-12(4-2-11)19-14(25)15-20-21-16(27-15)17(26)22-7-5-10(6-8-22)9-13(23)24/h1-4,10H,5-9H2,(H,19,25)(H,23,24). The fraction of sp³-hybridized carbons (Fsp3) is 0.353. The number of aromatic nitrogens is 2. The second-order valence-electron chi connectivity index (χ2n) is 6.21. The monoisotopic (exact) mass is 408 g/mol. The first-order chi connectivity index (χ1) is 12.9. The van der Waals surface area contributed by atoms with Gasteiger partial charge in [-0.3, -0.25) is 14.4 Å². The number of nitrogens with zero attached hydrogens (tertiary/aromatic N) is 3. The second kappa shape index (κ2) is 8.45. The van der Waals surface area contributed by atoms with E-state index >= 15 is 0 Å². The van der Waals surface area contributed by atoms with Crippen LogP contribution >= 0.6 is 22.9 Å². The lowest BCUT2D eigenvalue weighted by Gasteiger charge is -2.30. The number of hydrogen-bond acceptors (Lipinski definition) is 6. The number of carbonyl (C=O) groups is 3. The number of rotatable bonds is 5. The number of carboxylic acid groups (broad SMARTS) is 1. The molecule has 0 unspecified atom stereocenters. The molecule has 1 aliphatic rings. The van der Waals surface area contributed by atoms with Crippen molar-refractivity contribution in [1.29, 1.82) is 0 Å². The van der Waals surface area contributed by atoms with Crippen LogP contribution in [0.4, 0.5) is 5.69 Å². The van der Waals surface area contributed by atoms with Crippen LogP contribution in [0.15, 0.2) is 24.3 Å². The highest BCUT2D eigenvalue weighted by atomic mass is 35.5. The Morgan fingerprint density at radius 2 is 1.78 bits per heavy atom. The van der Waals surface area contributed by atoms with Crippen LogP contribution in [0.3, 0.4) is 0 Å². The third-order valence-electron chi connectivity index (χ3n) is 4.27. The summed E-state index contributed by atoms with van der Waals surface area (Å²) in [4.78, 5) is 37.2. The summed E-state index contributed by atoms with van der Waals surface area (Å²) in [6, 6.07) is 6.63. The number of anilines is 1. The van der Waals surface area contributed by atoms with Crippen molar-refractivity contribution in [2.75, 3.05) is 18.4 Å². The average Bonchev–Trinajstić information content (AvgIpc) is 3.13. The van der Waals surface area contributed by atoms with Crippen LogP contribution in [0, 0.1) is 5.92 Å². The topological polar surface area (TPSA) is 112 Å². The third-order valence-corrected chi connectivity index (χ3v) is 5.43. The normalized spacial score (nSPS) is 14.8. The van der Waals surface area contributed by atoms with Crippen LogP contribution in [0.2, 0.25) is 5.02 Å². The number of carboxylic acids is 1. The van der Waals surface area contributed by atoms with E-state index in [0.717, 1.165) is 11.3 Å². The molecule has 1 aromatic carbocycles. The van der Waals surface area contributed by atoms with Gasteiger partial charge in [0.15, 0.2) is 0 Å². The maximum atomic E-state index is 12.5. The highest BCUT2D eigenvalue weighted by Gasteiger charge is 2.27. The quantitative estimate of drug-likeness (QED) is 0.786. The predicted octanol–water partition coefficient (Wildman–Crippen LogP) is 2.77. The molecule has 3 rings (SSSR count). The van der Waals surface area contributed by atoms with E-state index in [0.29, 0.717) is 36.6 Å². The van der Waals surface area contributed by atoms with Gasteiger partial charge in [-0.1, -0.05) is 22.9 Å². The highest BCUT2D eigenvalue weighted by molar-refractivity contribution is 7.15. The Morgan fingerprint density at radius 1 is 1.15 bits per heavy atom. The van der Waals surface area contributed by atoms with Crippen LogP contribution < -0.4 is 5.32 Å². The van der Waals surface area contributed by atoms with Gasteiger partial charge in [-0.15, -0.1) is 10.2 Å². The minimum atomic E-state index is -0.819. The fourth-order valence-electron chi connectivity index (χ4n) is 2.84. The van der Waals surface area contributed by atoms with Gasteiger partial charge in [0, 0.05) is 30.2 Å². The fourth-order valence-corrected chi connectivity index (χ4v) is 3.67. The first-order valence-electron chi connectivity index (χ1n) is 8.34. The number of likely N-dealkylation sites (tertiary alicyclic amines) is 1.